The largest absolute Gasteiger partial charge is 0.377 e. The summed E-state index contributed by atoms with van der Waals surface area (Å²) in [6.45, 7) is 4.84. The highest BCUT2D eigenvalue weighted by Gasteiger charge is 2.23. The van der Waals surface area contributed by atoms with Gasteiger partial charge in [0.2, 0.25) is 0 Å². The molecule has 3 heteroatoms. The molecule has 0 radical (unpaired) electrons. The van der Waals surface area contributed by atoms with Crippen LogP contribution >= 0.6 is 0 Å². The Balaban J connectivity index is 2.19. The summed E-state index contributed by atoms with van der Waals surface area (Å²) in [4.78, 5) is 13.9. The summed E-state index contributed by atoms with van der Waals surface area (Å²) >= 11 is 0. The van der Waals surface area contributed by atoms with E-state index in [1.54, 1.807) is 7.11 Å². The third-order valence-corrected chi connectivity index (χ3v) is 3.90. The van der Waals surface area contributed by atoms with E-state index in [1.807, 2.05) is 0 Å². The van der Waals surface area contributed by atoms with Crippen LogP contribution in [-0.4, -0.2) is 44.5 Å². The summed E-state index contributed by atoms with van der Waals surface area (Å²) in [6.07, 6.45) is 5.74. The van der Waals surface area contributed by atoms with E-state index in [0.717, 1.165) is 18.9 Å². The third-order valence-electron chi connectivity index (χ3n) is 3.90. The van der Waals surface area contributed by atoms with Gasteiger partial charge in [0.15, 0.2) is 5.78 Å². The molecule has 100 valence electrons. The molecule has 0 saturated heterocycles. The number of carbonyl (C=O) groups is 1. The Bertz CT molecular complexity index is 222. The molecule has 1 fully saturated rings. The van der Waals surface area contributed by atoms with Gasteiger partial charge in [-0.1, -0.05) is 6.92 Å². The highest BCUT2D eigenvalue weighted by molar-refractivity contribution is 5.79. The molecule has 0 amide bonds. The van der Waals surface area contributed by atoms with Crippen LogP contribution < -0.4 is 0 Å². The van der Waals surface area contributed by atoms with Crippen LogP contribution in [0.15, 0.2) is 0 Å². The molecule has 1 rings (SSSR count). The van der Waals surface area contributed by atoms with Gasteiger partial charge in [-0.2, -0.15) is 0 Å². The minimum absolute atomic E-state index is 0.265. The zero-order chi connectivity index (χ0) is 12.7. The molecule has 1 aliphatic rings. The number of ketones is 1. The van der Waals surface area contributed by atoms with Gasteiger partial charge in [0, 0.05) is 20.1 Å². The SMILES string of the molecule is CCN(C)CC1CCC(CC(=O)COC)CC1. The second-order valence-corrected chi connectivity index (χ2v) is 5.42. The normalized spacial score (nSPS) is 25.2. The van der Waals surface area contributed by atoms with Gasteiger partial charge in [0.05, 0.1) is 0 Å². The highest BCUT2D eigenvalue weighted by Crippen LogP contribution is 2.31. The van der Waals surface area contributed by atoms with Gasteiger partial charge in [0.1, 0.15) is 6.61 Å². The molecule has 0 spiro atoms. The van der Waals surface area contributed by atoms with Crippen LogP contribution in [0.3, 0.4) is 0 Å². The van der Waals surface area contributed by atoms with Gasteiger partial charge >= 0.3 is 0 Å². The van der Waals surface area contributed by atoms with Crippen LogP contribution in [0, 0.1) is 11.8 Å². The van der Waals surface area contributed by atoms with Crippen LogP contribution in [0.4, 0.5) is 0 Å². The highest BCUT2D eigenvalue weighted by atomic mass is 16.5. The molecule has 0 aromatic heterocycles. The molecule has 0 heterocycles. The number of Topliss-reactive ketones (excluding diaryl/α,β-unsaturated/α-hetero) is 1. The van der Waals surface area contributed by atoms with Gasteiger partial charge < -0.3 is 9.64 Å². The van der Waals surface area contributed by atoms with Crippen LogP contribution in [0.1, 0.15) is 39.0 Å². The number of nitrogens with zero attached hydrogens (tertiary/aromatic N) is 1. The fourth-order valence-corrected chi connectivity index (χ4v) is 2.73. The smallest absolute Gasteiger partial charge is 0.158 e. The van der Waals surface area contributed by atoms with Crippen molar-refractivity contribution in [1.29, 1.82) is 0 Å². The first-order valence-corrected chi connectivity index (χ1v) is 6.84. The monoisotopic (exact) mass is 241 g/mol. The molecular weight excluding hydrogens is 214 g/mol. The Morgan fingerprint density at radius 1 is 1.24 bits per heavy atom. The first-order valence-electron chi connectivity index (χ1n) is 6.84. The van der Waals surface area contributed by atoms with Crippen molar-refractivity contribution in [1.82, 2.24) is 4.90 Å². The topological polar surface area (TPSA) is 29.5 Å². The van der Waals surface area contributed by atoms with Crippen molar-refractivity contribution in [2.24, 2.45) is 11.8 Å². The molecule has 0 bridgehead atoms. The van der Waals surface area contributed by atoms with E-state index in [4.69, 9.17) is 4.74 Å². The van der Waals surface area contributed by atoms with Crippen LogP contribution in [0.25, 0.3) is 0 Å². The predicted octanol–water partition coefficient (Wildman–Crippen LogP) is 2.35. The lowest BCUT2D eigenvalue weighted by Crippen LogP contribution is -2.29. The molecule has 17 heavy (non-hydrogen) atoms. The van der Waals surface area contributed by atoms with Crippen molar-refractivity contribution >= 4 is 5.78 Å². The lowest BCUT2D eigenvalue weighted by atomic mass is 9.79. The van der Waals surface area contributed by atoms with E-state index in [-0.39, 0.29) is 5.78 Å². The number of hydrogen-bond acceptors (Lipinski definition) is 3. The molecular formula is C14H27NO2. The summed E-state index contributed by atoms with van der Waals surface area (Å²) < 4.78 is 4.88. The standard InChI is InChI=1S/C14H27NO2/c1-4-15(2)10-13-7-5-12(6-8-13)9-14(16)11-17-3/h12-13H,4-11H2,1-3H3. The Labute approximate surface area is 106 Å². The number of methoxy groups -OCH3 is 1. The van der Waals surface area contributed by atoms with E-state index in [0.29, 0.717) is 12.5 Å². The maximum Gasteiger partial charge on any atom is 0.158 e. The summed E-state index contributed by atoms with van der Waals surface area (Å²) in [6, 6.07) is 0. The Hall–Kier alpha value is -0.410. The molecule has 0 aromatic carbocycles. The van der Waals surface area contributed by atoms with Crippen molar-refractivity contribution in [3.63, 3.8) is 0 Å². The van der Waals surface area contributed by atoms with Crippen molar-refractivity contribution in [3.8, 4) is 0 Å². The molecule has 0 atom stereocenters. The van der Waals surface area contributed by atoms with Crippen LogP contribution in [-0.2, 0) is 9.53 Å². The van der Waals surface area contributed by atoms with Crippen molar-refractivity contribution in [2.45, 2.75) is 39.0 Å². The quantitative estimate of drug-likeness (QED) is 0.685. The van der Waals surface area contributed by atoms with Crippen molar-refractivity contribution in [3.05, 3.63) is 0 Å². The van der Waals surface area contributed by atoms with Gasteiger partial charge in [-0.15, -0.1) is 0 Å². The van der Waals surface area contributed by atoms with Crippen LogP contribution in [0.5, 0.6) is 0 Å². The lowest BCUT2D eigenvalue weighted by molar-refractivity contribution is -0.123. The minimum Gasteiger partial charge on any atom is -0.377 e. The molecule has 0 aliphatic heterocycles. The number of carbonyl (C=O) groups excluding carboxylic acids is 1. The first kappa shape index (κ1) is 14.7. The number of ether oxygens (including phenoxy) is 1. The zero-order valence-corrected chi connectivity index (χ0v) is 11.6. The molecule has 3 nitrogen and oxygen atoms in total. The average Bonchev–Trinajstić information content (AvgIpc) is 2.32. The van der Waals surface area contributed by atoms with Crippen molar-refractivity contribution in [2.75, 3.05) is 33.9 Å². The Kier molecular flexibility index (Phi) is 6.75. The fourth-order valence-electron chi connectivity index (χ4n) is 2.73. The second-order valence-electron chi connectivity index (χ2n) is 5.42. The maximum absolute atomic E-state index is 11.5. The number of rotatable bonds is 7. The van der Waals surface area contributed by atoms with Gasteiger partial charge in [0.25, 0.3) is 0 Å². The Morgan fingerprint density at radius 3 is 2.35 bits per heavy atom. The summed E-state index contributed by atoms with van der Waals surface area (Å²) in [5, 5.41) is 0. The van der Waals surface area contributed by atoms with Crippen LogP contribution in [0.2, 0.25) is 0 Å². The van der Waals surface area contributed by atoms with Gasteiger partial charge in [-0.05, 0) is 51.1 Å². The molecule has 1 saturated carbocycles. The molecule has 1 aliphatic carbocycles. The molecule has 0 aromatic rings. The van der Waals surface area contributed by atoms with E-state index in [9.17, 15) is 4.79 Å². The summed E-state index contributed by atoms with van der Waals surface area (Å²) in [5.41, 5.74) is 0. The van der Waals surface area contributed by atoms with E-state index < -0.39 is 0 Å². The predicted molar refractivity (Wildman–Crippen MR) is 70.1 cm³/mol. The summed E-state index contributed by atoms with van der Waals surface area (Å²) in [5.74, 6) is 1.72. The second kappa shape index (κ2) is 7.83. The maximum atomic E-state index is 11.5. The average molecular weight is 241 g/mol. The fraction of sp³-hybridized carbons (Fsp3) is 0.929. The minimum atomic E-state index is 0.265. The van der Waals surface area contributed by atoms with E-state index in [2.05, 4.69) is 18.9 Å². The van der Waals surface area contributed by atoms with E-state index in [1.165, 1.54) is 32.2 Å². The zero-order valence-electron chi connectivity index (χ0n) is 11.6. The number of hydrogen-bond donors (Lipinski definition) is 0. The summed E-state index contributed by atoms with van der Waals surface area (Å²) in [7, 11) is 3.78. The van der Waals surface area contributed by atoms with Gasteiger partial charge in [-0.25, -0.2) is 0 Å². The third kappa shape index (κ3) is 5.64. The Morgan fingerprint density at radius 2 is 1.82 bits per heavy atom. The van der Waals surface area contributed by atoms with Gasteiger partial charge in [-0.3, -0.25) is 4.79 Å². The molecule has 0 unspecified atom stereocenters. The lowest BCUT2D eigenvalue weighted by Gasteiger charge is -2.30. The van der Waals surface area contributed by atoms with E-state index >= 15 is 0 Å². The first-order chi connectivity index (χ1) is 8.15. The molecule has 0 N–H and O–H groups in total. The van der Waals surface area contributed by atoms with Crippen molar-refractivity contribution < 1.29 is 9.53 Å².